The van der Waals surface area contributed by atoms with Gasteiger partial charge in [0.2, 0.25) is 0 Å². The first kappa shape index (κ1) is 9.82. The van der Waals surface area contributed by atoms with Crippen molar-refractivity contribution in [1.82, 2.24) is 0 Å². The van der Waals surface area contributed by atoms with Crippen molar-refractivity contribution in [2.75, 3.05) is 18.6 Å². The van der Waals surface area contributed by atoms with Crippen LogP contribution in [0.2, 0.25) is 0 Å². The summed E-state index contributed by atoms with van der Waals surface area (Å²) in [6, 6.07) is 0. The van der Waals surface area contributed by atoms with E-state index in [1.54, 1.807) is 11.8 Å². The molecular weight excluding hydrogens is 148 g/mol. The molecule has 0 saturated heterocycles. The monoisotopic (exact) mass is 162 g/mol. The minimum absolute atomic E-state index is 0.108. The van der Waals surface area contributed by atoms with E-state index in [1.807, 2.05) is 0 Å². The average Bonchev–Trinajstić information content (AvgIpc) is 1.98. The summed E-state index contributed by atoms with van der Waals surface area (Å²) in [6.45, 7) is 2.13. The molecule has 0 fully saturated rings. The van der Waals surface area contributed by atoms with E-state index in [0.717, 1.165) is 11.5 Å². The second-order valence-corrected chi connectivity index (χ2v) is 3.16. The van der Waals surface area contributed by atoms with Gasteiger partial charge >= 0.3 is 5.97 Å². The van der Waals surface area contributed by atoms with Crippen LogP contribution in [0.15, 0.2) is 0 Å². The minimum Gasteiger partial charge on any atom is -0.469 e. The van der Waals surface area contributed by atoms with Crippen molar-refractivity contribution in [3.05, 3.63) is 0 Å². The van der Waals surface area contributed by atoms with Crippen molar-refractivity contribution < 1.29 is 9.53 Å². The number of hydrogen-bond acceptors (Lipinski definition) is 3. The Bertz CT molecular complexity index is 93.6. The lowest BCUT2D eigenvalue weighted by Crippen LogP contribution is -2.01. The van der Waals surface area contributed by atoms with Crippen LogP contribution in [0.25, 0.3) is 0 Å². The highest BCUT2D eigenvalue weighted by molar-refractivity contribution is 7.99. The smallest absolute Gasteiger partial charge is 0.306 e. The number of hydrogen-bond donors (Lipinski definition) is 0. The van der Waals surface area contributed by atoms with Gasteiger partial charge < -0.3 is 4.74 Å². The quantitative estimate of drug-likeness (QED) is 0.454. The maximum Gasteiger partial charge on any atom is 0.306 e. The Kier molecular flexibility index (Phi) is 6.81. The van der Waals surface area contributed by atoms with Crippen LogP contribution in [0.1, 0.15) is 19.8 Å². The van der Waals surface area contributed by atoms with Gasteiger partial charge in [0.1, 0.15) is 0 Å². The van der Waals surface area contributed by atoms with Crippen LogP contribution >= 0.6 is 11.8 Å². The molecule has 0 radical (unpaired) electrons. The average molecular weight is 162 g/mol. The second-order valence-electron chi connectivity index (χ2n) is 1.94. The fraction of sp³-hybridized carbons (Fsp3) is 0.857. The van der Waals surface area contributed by atoms with Gasteiger partial charge in [-0.1, -0.05) is 6.92 Å². The highest BCUT2D eigenvalue weighted by Gasteiger charge is 1.97. The van der Waals surface area contributed by atoms with Crippen LogP contribution < -0.4 is 0 Å². The summed E-state index contributed by atoms with van der Waals surface area (Å²) in [4.78, 5) is 10.5. The molecule has 0 aromatic heterocycles. The Balaban J connectivity index is 2.96. The molecule has 0 aliphatic rings. The second kappa shape index (κ2) is 6.93. The molecule has 0 amide bonds. The largest absolute Gasteiger partial charge is 0.469 e. The molecule has 0 unspecified atom stereocenters. The van der Waals surface area contributed by atoms with Crippen molar-refractivity contribution >= 4 is 17.7 Å². The van der Waals surface area contributed by atoms with Gasteiger partial charge in [-0.15, -0.1) is 0 Å². The van der Waals surface area contributed by atoms with Gasteiger partial charge in [0, 0.05) is 5.75 Å². The van der Waals surface area contributed by atoms with Crippen molar-refractivity contribution in [2.45, 2.75) is 19.8 Å². The van der Waals surface area contributed by atoms with E-state index in [2.05, 4.69) is 11.7 Å². The number of carbonyl (C=O) groups excluding carboxylic acids is 1. The van der Waals surface area contributed by atoms with Crippen molar-refractivity contribution in [1.29, 1.82) is 0 Å². The summed E-state index contributed by atoms with van der Waals surface area (Å²) >= 11 is 1.80. The lowest BCUT2D eigenvalue weighted by atomic mass is 10.5. The molecule has 0 bridgehead atoms. The molecule has 0 aromatic carbocycles. The summed E-state index contributed by atoms with van der Waals surface area (Å²) in [5, 5.41) is 0. The van der Waals surface area contributed by atoms with Gasteiger partial charge in [-0.25, -0.2) is 0 Å². The van der Waals surface area contributed by atoms with Crippen molar-refractivity contribution in [3.8, 4) is 0 Å². The Morgan fingerprint density at radius 3 is 2.70 bits per heavy atom. The molecule has 0 spiro atoms. The summed E-state index contributed by atoms with van der Waals surface area (Å²) in [6.07, 6.45) is 1.72. The number of esters is 1. The van der Waals surface area contributed by atoms with Crippen LogP contribution in [-0.4, -0.2) is 24.6 Å². The molecule has 2 nitrogen and oxygen atoms in total. The van der Waals surface area contributed by atoms with Gasteiger partial charge in [-0.2, -0.15) is 11.8 Å². The van der Waals surface area contributed by atoms with E-state index in [4.69, 9.17) is 0 Å². The molecule has 0 N–H and O–H groups in total. The molecule has 0 rings (SSSR count). The topological polar surface area (TPSA) is 26.3 Å². The lowest BCUT2D eigenvalue weighted by Gasteiger charge is -1.97. The zero-order chi connectivity index (χ0) is 7.82. The van der Waals surface area contributed by atoms with Gasteiger partial charge in [0.15, 0.2) is 0 Å². The molecule has 60 valence electrons. The molecule has 0 saturated carbocycles. The highest BCUT2D eigenvalue weighted by atomic mass is 32.2. The zero-order valence-electron chi connectivity index (χ0n) is 6.55. The first-order chi connectivity index (χ1) is 4.81. The maximum atomic E-state index is 10.5. The summed E-state index contributed by atoms with van der Waals surface area (Å²) < 4.78 is 4.48. The number of carbonyl (C=O) groups is 1. The van der Waals surface area contributed by atoms with Crippen LogP contribution in [0.3, 0.4) is 0 Å². The van der Waals surface area contributed by atoms with E-state index in [-0.39, 0.29) is 5.97 Å². The third-order valence-electron chi connectivity index (χ3n) is 1.03. The first-order valence-corrected chi connectivity index (χ1v) is 4.61. The summed E-state index contributed by atoms with van der Waals surface area (Å²) in [5.74, 6) is 1.92. The standard InChI is InChI=1S/C7H14O2S/c1-3-5-10-6-4-7(8)9-2/h3-6H2,1-2H3. The van der Waals surface area contributed by atoms with E-state index in [1.165, 1.54) is 13.5 Å². The molecule has 0 heterocycles. The fourth-order valence-corrected chi connectivity index (χ4v) is 1.31. The Morgan fingerprint density at radius 2 is 2.20 bits per heavy atom. The van der Waals surface area contributed by atoms with Crippen LogP contribution in [0.4, 0.5) is 0 Å². The lowest BCUT2D eigenvalue weighted by molar-refractivity contribution is -0.140. The predicted molar refractivity (Wildman–Crippen MR) is 44.2 cm³/mol. The van der Waals surface area contributed by atoms with Crippen LogP contribution in [0, 0.1) is 0 Å². The molecule has 0 atom stereocenters. The highest BCUT2D eigenvalue weighted by Crippen LogP contribution is 2.03. The third kappa shape index (κ3) is 5.95. The predicted octanol–water partition coefficient (Wildman–Crippen LogP) is 1.69. The van der Waals surface area contributed by atoms with Gasteiger partial charge in [-0.05, 0) is 12.2 Å². The van der Waals surface area contributed by atoms with Crippen molar-refractivity contribution in [2.24, 2.45) is 0 Å². The number of rotatable bonds is 5. The Labute approximate surface area is 66.3 Å². The van der Waals surface area contributed by atoms with Crippen molar-refractivity contribution in [3.63, 3.8) is 0 Å². The van der Waals surface area contributed by atoms with E-state index in [9.17, 15) is 4.79 Å². The van der Waals surface area contributed by atoms with Crippen LogP contribution in [0.5, 0.6) is 0 Å². The van der Waals surface area contributed by atoms with Crippen LogP contribution in [-0.2, 0) is 9.53 Å². The molecule has 0 aliphatic heterocycles. The number of thioether (sulfide) groups is 1. The van der Waals surface area contributed by atoms with Gasteiger partial charge in [-0.3, -0.25) is 4.79 Å². The van der Waals surface area contributed by atoms with Gasteiger partial charge in [0.25, 0.3) is 0 Å². The minimum atomic E-state index is -0.108. The fourth-order valence-electron chi connectivity index (χ4n) is 0.504. The molecular formula is C7H14O2S. The molecule has 10 heavy (non-hydrogen) atoms. The summed E-state index contributed by atoms with van der Waals surface area (Å²) in [7, 11) is 1.42. The van der Waals surface area contributed by atoms with E-state index >= 15 is 0 Å². The van der Waals surface area contributed by atoms with E-state index < -0.39 is 0 Å². The molecule has 0 aromatic rings. The Hall–Kier alpha value is -0.180. The third-order valence-corrected chi connectivity index (χ3v) is 2.22. The maximum absolute atomic E-state index is 10.5. The first-order valence-electron chi connectivity index (χ1n) is 3.45. The zero-order valence-corrected chi connectivity index (χ0v) is 7.37. The Morgan fingerprint density at radius 1 is 1.50 bits per heavy atom. The molecule has 3 heteroatoms. The SMILES string of the molecule is CCCSCCC(=O)OC. The van der Waals surface area contributed by atoms with E-state index in [0.29, 0.717) is 6.42 Å². The number of ether oxygens (including phenoxy) is 1. The van der Waals surface area contributed by atoms with Gasteiger partial charge in [0.05, 0.1) is 13.5 Å². The normalized spacial score (nSPS) is 9.40. The molecule has 0 aliphatic carbocycles. The summed E-state index contributed by atoms with van der Waals surface area (Å²) in [5.41, 5.74) is 0. The number of methoxy groups -OCH3 is 1.